The zero-order chi connectivity index (χ0) is 25.1. The van der Waals surface area contributed by atoms with Gasteiger partial charge in [-0.2, -0.15) is 0 Å². The minimum Gasteiger partial charge on any atom is -0.478 e. The summed E-state index contributed by atoms with van der Waals surface area (Å²) in [6, 6.07) is 20.1. The number of benzene rings is 2. The highest BCUT2D eigenvalue weighted by Crippen LogP contribution is 2.39. The highest BCUT2D eigenvalue weighted by atomic mass is 16.5. The van der Waals surface area contributed by atoms with Crippen molar-refractivity contribution in [3.05, 3.63) is 60.2 Å². The number of hydrogen-bond acceptors (Lipinski definition) is 4. The van der Waals surface area contributed by atoms with E-state index < -0.39 is 5.41 Å². The van der Waals surface area contributed by atoms with Gasteiger partial charge in [-0.1, -0.05) is 93.1 Å². The molecule has 2 aliphatic heterocycles. The van der Waals surface area contributed by atoms with Crippen molar-refractivity contribution in [3.8, 4) is 11.1 Å². The molecular weight excluding hydrogens is 456 g/mol. The molecule has 4 nitrogen and oxygen atoms in total. The lowest BCUT2D eigenvalue weighted by Gasteiger charge is -2.28. The maximum Gasteiger partial charge on any atom is 0.199 e. The fourth-order valence-electron chi connectivity index (χ4n) is 7.00. The SMILES string of the molecule is CC(Cc1ccc(-c2ccccc2)cc1)(C1=N[C@@H](C2CCCCC2)CO1)C1=N[C@@H](C2CCCCC2)CO1. The maximum absolute atomic E-state index is 6.43. The number of aliphatic imine (C=N–C) groups is 2. The Bertz CT molecular complexity index is 1050. The van der Waals surface area contributed by atoms with Gasteiger partial charge in [-0.3, -0.25) is 0 Å². The topological polar surface area (TPSA) is 43.2 Å². The molecule has 2 aromatic rings. The number of nitrogens with zero attached hydrogens (tertiary/aromatic N) is 2. The molecule has 2 aliphatic carbocycles. The molecule has 2 atom stereocenters. The van der Waals surface area contributed by atoms with E-state index in [1.165, 1.54) is 80.9 Å². The van der Waals surface area contributed by atoms with E-state index >= 15 is 0 Å². The third kappa shape index (κ3) is 5.35. The molecule has 2 aromatic carbocycles. The standard InChI is InChI=1S/C33H42N2O2/c1-33(31-34-29(22-36-31)27-13-7-3-8-14-27,32-35-30(23-37-32)28-15-9-4-10-16-28)21-24-17-19-26(20-18-24)25-11-5-2-6-12-25/h2,5-6,11-12,17-20,27-30H,3-4,7-10,13-16,21-23H2,1H3/t29-,30-/m1/s1. The Morgan fingerprint density at radius 1 is 0.649 bits per heavy atom. The molecule has 2 saturated carbocycles. The monoisotopic (exact) mass is 498 g/mol. The first-order chi connectivity index (χ1) is 18.2. The first kappa shape index (κ1) is 24.7. The van der Waals surface area contributed by atoms with Gasteiger partial charge in [0.25, 0.3) is 0 Å². The van der Waals surface area contributed by atoms with Gasteiger partial charge < -0.3 is 9.47 Å². The zero-order valence-electron chi connectivity index (χ0n) is 22.4. The predicted molar refractivity (Wildman–Crippen MR) is 151 cm³/mol. The fraction of sp³-hybridized carbons (Fsp3) is 0.576. The second-order valence-corrected chi connectivity index (χ2v) is 12.0. The van der Waals surface area contributed by atoms with Crippen LogP contribution < -0.4 is 0 Å². The van der Waals surface area contributed by atoms with Crippen LogP contribution in [-0.2, 0) is 15.9 Å². The summed E-state index contributed by atoms with van der Waals surface area (Å²) in [5, 5.41) is 0. The van der Waals surface area contributed by atoms with E-state index in [9.17, 15) is 0 Å². The van der Waals surface area contributed by atoms with Crippen LogP contribution in [0.15, 0.2) is 64.6 Å². The van der Waals surface area contributed by atoms with E-state index in [1.54, 1.807) is 0 Å². The van der Waals surface area contributed by atoms with Crippen LogP contribution in [0.25, 0.3) is 11.1 Å². The lowest BCUT2D eigenvalue weighted by Crippen LogP contribution is -2.39. The van der Waals surface area contributed by atoms with E-state index in [1.807, 2.05) is 0 Å². The van der Waals surface area contributed by atoms with Crippen molar-refractivity contribution >= 4 is 11.8 Å². The zero-order valence-corrected chi connectivity index (χ0v) is 22.4. The normalized spacial score (nSPS) is 25.3. The van der Waals surface area contributed by atoms with Crippen LogP contribution in [0.1, 0.15) is 76.7 Å². The van der Waals surface area contributed by atoms with Crippen molar-refractivity contribution in [1.29, 1.82) is 0 Å². The smallest absolute Gasteiger partial charge is 0.199 e. The third-order valence-corrected chi connectivity index (χ3v) is 9.30. The van der Waals surface area contributed by atoms with Crippen LogP contribution in [0.2, 0.25) is 0 Å². The summed E-state index contributed by atoms with van der Waals surface area (Å²) in [6.45, 7) is 3.67. The second-order valence-electron chi connectivity index (χ2n) is 12.0. The number of hydrogen-bond donors (Lipinski definition) is 0. The van der Waals surface area contributed by atoms with Crippen LogP contribution in [0.3, 0.4) is 0 Å². The van der Waals surface area contributed by atoms with E-state index in [0.29, 0.717) is 25.0 Å². The van der Waals surface area contributed by atoms with Crippen molar-refractivity contribution in [1.82, 2.24) is 0 Å². The van der Waals surface area contributed by atoms with Crippen LogP contribution in [0.4, 0.5) is 0 Å². The van der Waals surface area contributed by atoms with Crippen molar-refractivity contribution < 1.29 is 9.47 Å². The van der Waals surface area contributed by atoms with Crippen molar-refractivity contribution in [2.45, 2.75) is 89.6 Å². The molecule has 0 spiro atoms. The Morgan fingerprint density at radius 2 is 1.14 bits per heavy atom. The molecule has 0 radical (unpaired) electrons. The van der Waals surface area contributed by atoms with Gasteiger partial charge in [-0.15, -0.1) is 0 Å². The van der Waals surface area contributed by atoms with Crippen LogP contribution in [-0.4, -0.2) is 37.1 Å². The Kier molecular flexibility index (Phi) is 7.35. The third-order valence-electron chi connectivity index (χ3n) is 9.30. The quantitative estimate of drug-likeness (QED) is 0.393. The molecule has 6 rings (SSSR count). The van der Waals surface area contributed by atoms with Gasteiger partial charge in [-0.05, 0) is 67.6 Å². The molecule has 2 heterocycles. The van der Waals surface area contributed by atoms with E-state index in [2.05, 4.69) is 61.5 Å². The molecular formula is C33H42N2O2. The van der Waals surface area contributed by atoms with Gasteiger partial charge in [0, 0.05) is 0 Å². The van der Waals surface area contributed by atoms with Gasteiger partial charge >= 0.3 is 0 Å². The first-order valence-corrected chi connectivity index (χ1v) is 14.8. The molecule has 4 heteroatoms. The largest absolute Gasteiger partial charge is 0.478 e. The summed E-state index contributed by atoms with van der Waals surface area (Å²) in [4.78, 5) is 10.5. The van der Waals surface area contributed by atoms with Crippen LogP contribution in [0, 0.1) is 17.3 Å². The molecule has 37 heavy (non-hydrogen) atoms. The molecule has 0 unspecified atom stereocenters. The molecule has 196 valence electrons. The van der Waals surface area contributed by atoms with Crippen LogP contribution >= 0.6 is 0 Å². The molecule has 0 N–H and O–H groups in total. The van der Waals surface area contributed by atoms with Gasteiger partial charge in [0.1, 0.15) is 18.6 Å². The summed E-state index contributed by atoms with van der Waals surface area (Å²) in [7, 11) is 0. The predicted octanol–water partition coefficient (Wildman–Crippen LogP) is 7.66. The Hall–Kier alpha value is -2.62. The van der Waals surface area contributed by atoms with E-state index in [-0.39, 0.29) is 12.1 Å². The Labute approximate surface area is 222 Å². The van der Waals surface area contributed by atoms with Gasteiger partial charge in [0.05, 0.1) is 12.1 Å². The van der Waals surface area contributed by atoms with Crippen molar-refractivity contribution in [2.75, 3.05) is 13.2 Å². The van der Waals surface area contributed by atoms with Gasteiger partial charge in [0.2, 0.25) is 0 Å². The van der Waals surface area contributed by atoms with Crippen molar-refractivity contribution in [2.24, 2.45) is 27.2 Å². The second kappa shape index (κ2) is 11.0. The Balaban J connectivity index is 1.27. The average molecular weight is 499 g/mol. The summed E-state index contributed by atoms with van der Waals surface area (Å²) < 4.78 is 12.9. The molecule has 0 saturated heterocycles. The summed E-state index contributed by atoms with van der Waals surface area (Å²) in [6.07, 6.45) is 14.0. The molecule has 0 bridgehead atoms. The molecule has 4 aliphatic rings. The first-order valence-electron chi connectivity index (χ1n) is 14.8. The molecule has 0 amide bonds. The van der Waals surface area contributed by atoms with Gasteiger partial charge in [0.15, 0.2) is 11.8 Å². The van der Waals surface area contributed by atoms with E-state index in [0.717, 1.165) is 18.2 Å². The summed E-state index contributed by atoms with van der Waals surface area (Å²) in [5.41, 5.74) is 3.28. The lowest BCUT2D eigenvalue weighted by atomic mass is 9.81. The Morgan fingerprint density at radius 3 is 1.65 bits per heavy atom. The van der Waals surface area contributed by atoms with Crippen LogP contribution in [0.5, 0.6) is 0 Å². The van der Waals surface area contributed by atoms with Gasteiger partial charge in [-0.25, -0.2) is 9.98 Å². The summed E-state index contributed by atoms with van der Waals surface area (Å²) in [5.74, 6) is 3.00. The average Bonchev–Trinajstić information content (AvgIpc) is 3.67. The highest BCUT2D eigenvalue weighted by molar-refractivity contribution is 6.06. The maximum atomic E-state index is 6.43. The molecule has 0 aromatic heterocycles. The van der Waals surface area contributed by atoms with E-state index in [4.69, 9.17) is 19.5 Å². The minimum atomic E-state index is -0.471. The lowest BCUT2D eigenvalue weighted by molar-refractivity contribution is 0.216. The number of rotatable bonds is 7. The molecule has 2 fully saturated rings. The highest BCUT2D eigenvalue weighted by Gasteiger charge is 2.47. The number of ether oxygens (including phenoxy) is 2. The van der Waals surface area contributed by atoms with Crippen molar-refractivity contribution in [3.63, 3.8) is 0 Å². The summed E-state index contributed by atoms with van der Waals surface area (Å²) >= 11 is 0. The minimum absolute atomic E-state index is 0.284. The fourth-order valence-corrected chi connectivity index (χ4v) is 7.00.